The SMILES string of the molecule is N#C/C(=C/Nc1cc(Cl)cc(Cl)c1)C(=O)Nc1cccc(O)c1. The molecule has 2 aromatic carbocycles. The van der Waals surface area contributed by atoms with Gasteiger partial charge in [-0.2, -0.15) is 5.26 Å². The molecule has 1 amide bonds. The van der Waals surface area contributed by atoms with Crippen molar-refractivity contribution >= 4 is 40.5 Å². The second-order valence-electron chi connectivity index (χ2n) is 4.48. The summed E-state index contributed by atoms with van der Waals surface area (Å²) in [5.41, 5.74) is 0.770. The van der Waals surface area contributed by atoms with Gasteiger partial charge in [0, 0.05) is 33.7 Å². The van der Waals surface area contributed by atoms with Gasteiger partial charge in [0.1, 0.15) is 17.4 Å². The molecule has 0 radical (unpaired) electrons. The zero-order valence-electron chi connectivity index (χ0n) is 11.7. The minimum absolute atomic E-state index is 0.0111. The standard InChI is InChI=1S/C16H11Cl2N3O2/c17-11-4-12(18)6-14(5-11)20-9-10(8-19)16(23)21-13-2-1-3-15(22)7-13/h1-7,9,20,22H,(H,21,23)/b10-9-. The van der Waals surface area contributed by atoms with Gasteiger partial charge in [-0.1, -0.05) is 29.3 Å². The number of nitrogens with one attached hydrogen (secondary N) is 2. The molecule has 0 aliphatic rings. The van der Waals surface area contributed by atoms with Gasteiger partial charge in [-0.05, 0) is 30.3 Å². The van der Waals surface area contributed by atoms with E-state index in [4.69, 9.17) is 28.5 Å². The van der Waals surface area contributed by atoms with Gasteiger partial charge in [0.25, 0.3) is 5.91 Å². The average Bonchev–Trinajstić information content (AvgIpc) is 2.46. The molecular weight excluding hydrogens is 337 g/mol. The van der Waals surface area contributed by atoms with Crippen LogP contribution in [0.15, 0.2) is 54.2 Å². The van der Waals surface area contributed by atoms with Gasteiger partial charge < -0.3 is 15.7 Å². The highest BCUT2D eigenvalue weighted by Crippen LogP contribution is 2.22. The zero-order valence-corrected chi connectivity index (χ0v) is 13.2. The number of nitrogens with zero attached hydrogens (tertiary/aromatic N) is 1. The maximum absolute atomic E-state index is 12.0. The molecule has 116 valence electrons. The third kappa shape index (κ3) is 4.92. The maximum atomic E-state index is 12.0. The van der Waals surface area contributed by atoms with Crippen LogP contribution in [0.4, 0.5) is 11.4 Å². The second-order valence-corrected chi connectivity index (χ2v) is 5.35. The van der Waals surface area contributed by atoms with Crippen molar-refractivity contribution < 1.29 is 9.90 Å². The summed E-state index contributed by atoms with van der Waals surface area (Å²) in [6, 6.07) is 12.6. The summed E-state index contributed by atoms with van der Waals surface area (Å²) in [5.74, 6) is -0.601. The predicted octanol–water partition coefficient (Wildman–Crippen LogP) is 4.16. The Morgan fingerprint density at radius 2 is 1.83 bits per heavy atom. The maximum Gasteiger partial charge on any atom is 0.267 e. The van der Waals surface area contributed by atoms with Gasteiger partial charge in [-0.3, -0.25) is 4.79 Å². The molecule has 7 heteroatoms. The molecule has 0 spiro atoms. The van der Waals surface area contributed by atoms with E-state index in [0.717, 1.165) is 0 Å². The molecular formula is C16H11Cl2N3O2. The third-order valence-corrected chi connectivity index (χ3v) is 3.15. The normalized spacial score (nSPS) is 10.7. The minimum Gasteiger partial charge on any atom is -0.508 e. The number of carbonyl (C=O) groups excluding carboxylic acids is 1. The van der Waals surface area contributed by atoms with Crippen LogP contribution in [0.5, 0.6) is 5.75 Å². The molecule has 0 saturated carbocycles. The Hall–Kier alpha value is -2.68. The quantitative estimate of drug-likeness (QED) is 0.572. The lowest BCUT2D eigenvalue weighted by Crippen LogP contribution is -2.14. The van der Waals surface area contributed by atoms with Gasteiger partial charge in [-0.25, -0.2) is 0 Å². The monoisotopic (exact) mass is 347 g/mol. The molecule has 0 saturated heterocycles. The summed E-state index contributed by atoms with van der Waals surface area (Å²) in [5, 5.41) is 24.6. The van der Waals surface area contributed by atoms with E-state index in [0.29, 0.717) is 21.4 Å². The highest BCUT2D eigenvalue weighted by molar-refractivity contribution is 6.35. The Labute approximate surface area is 142 Å². The number of anilines is 2. The van der Waals surface area contributed by atoms with E-state index < -0.39 is 5.91 Å². The fourth-order valence-corrected chi connectivity index (χ4v) is 2.25. The summed E-state index contributed by atoms with van der Waals surface area (Å²) in [4.78, 5) is 12.0. The fraction of sp³-hybridized carbons (Fsp3) is 0. The van der Waals surface area contributed by atoms with Crippen LogP contribution < -0.4 is 10.6 Å². The van der Waals surface area contributed by atoms with Crippen molar-refractivity contribution in [1.29, 1.82) is 5.26 Å². The highest BCUT2D eigenvalue weighted by atomic mass is 35.5. The first-order chi connectivity index (χ1) is 11.0. The Bertz CT molecular complexity index is 793. The summed E-state index contributed by atoms with van der Waals surface area (Å²) in [7, 11) is 0. The van der Waals surface area contributed by atoms with Gasteiger partial charge in [0.2, 0.25) is 0 Å². The van der Waals surface area contributed by atoms with Crippen LogP contribution in [0.1, 0.15) is 0 Å². The van der Waals surface area contributed by atoms with Crippen LogP contribution in [0.25, 0.3) is 0 Å². The van der Waals surface area contributed by atoms with Crippen LogP contribution in [-0.2, 0) is 4.79 Å². The van der Waals surface area contributed by atoms with Gasteiger partial charge in [-0.15, -0.1) is 0 Å². The van der Waals surface area contributed by atoms with Crippen LogP contribution in [0, 0.1) is 11.3 Å². The molecule has 0 heterocycles. The first-order valence-corrected chi connectivity index (χ1v) is 7.17. The Morgan fingerprint density at radius 3 is 2.43 bits per heavy atom. The number of nitriles is 1. The Morgan fingerprint density at radius 1 is 1.13 bits per heavy atom. The number of amides is 1. The lowest BCUT2D eigenvalue weighted by Gasteiger charge is -2.06. The first-order valence-electron chi connectivity index (χ1n) is 6.41. The summed E-state index contributed by atoms with van der Waals surface area (Å²) >= 11 is 11.7. The minimum atomic E-state index is -0.612. The number of phenolic OH excluding ortho intramolecular Hbond substituents is 1. The molecule has 0 aliphatic heterocycles. The lowest BCUT2D eigenvalue weighted by molar-refractivity contribution is -0.112. The molecule has 3 N–H and O–H groups in total. The van der Waals surface area contributed by atoms with Gasteiger partial charge in [0.05, 0.1) is 0 Å². The van der Waals surface area contributed by atoms with Crippen LogP contribution >= 0.6 is 23.2 Å². The highest BCUT2D eigenvalue weighted by Gasteiger charge is 2.09. The lowest BCUT2D eigenvalue weighted by atomic mass is 10.2. The predicted molar refractivity (Wildman–Crippen MR) is 90.5 cm³/mol. The number of hydrogen-bond donors (Lipinski definition) is 3. The number of aromatic hydroxyl groups is 1. The third-order valence-electron chi connectivity index (χ3n) is 2.71. The van der Waals surface area contributed by atoms with E-state index in [-0.39, 0.29) is 11.3 Å². The summed E-state index contributed by atoms with van der Waals surface area (Å²) in [6.45, 7) is 0. The number of hydrogen-bond acceptors (Lipinski definition) is 4. The number of phenols is 1. The van der Waals surface area contributed by atoms with Crippen molar-refractivity contribution in [1.82, 2.24) is 0 Å². The fourth-order valence-electron chi connectivity index (χ4n) is 1.72. The van der Waals surface area contributed by atoms with Crippen LogP contribution in [-0.4, -0.2) is 11.0 Å². The van der Waals surface area contributed by atoms with Crippen molar-refractivity contribution in [2.75, 3.05) is 10.6 Å². The first kappa shape index (κ1) is 16.7. The van der Waals surface area contributed by atoms with E-state index in [9.17, 15) is 9.90 Å². The summed E-state index contributed by atoms with van der Waals surface area (Å²) < 4.78 is 0. The number of halogens is 2. The number of carbonyl (C=O) groups is 1. The molecule has 23 heavy (non-hydrogen) atoms. The molecule has 5 nitrogen and oxygen atoms in total. The zero-order chi connectivity index (χ0) is 16.8. The average molecular weight is 348 g/mol. The second kappa shape index (κ2) is 7.54. The molecule has 0 unspecified atom stereocenters. The van der Waals surface area contributed by atoms with Crippen molar-refractivity contribution in [2.24, 2.45) is 0 Å². The van der Waals surface area contributed by atoms with Gasteiger partial charge >= 0.3 is 0 Å². The number of rotatable bonds is 4. The molecule has 2 aromatic rings. The largest absolute Gasteiger partial charge is 0.508 e. The van der Waals surface area contributed by atoms with Crippen molar-refractivity contribution in [2.45, 2.75) is 0 Å². The smallest absolute Gasteiger partial charge is 0.267 e. The van der Waals surface area contributed by atoms with E-state index in [1.807, 2.05) is 0 Å². The molecule has 0 fully saturated rings. The topological polar surface area (TPSA) is 85.2 Å². The Balaban J connectivity index is 2.12. The molecule has 0 atom stereocenters. The van der Waals surface area contributed by atoms with E-state index >= 15 is 0 Å². The molecule has 0 aromatic heterocycles. The van der Waals surface area contributed by atoms with Crippen LogP contribution in [0.2, 0.25) is 10.0 Å². The molecule has 0 bridgehead atoms. The molecule has 0 aliphatic carbocycles. The van der Waals surface area contributed by atoms with Crippen LogP contribution in [0.3, 0.4) is 0 Å². The summed E-state index contributed by atoms with van der Waals surface area (Å²) in [6.07, 6.45) is 1.25. The van der Waals surface area contributed by atoms with Gasteiger partial charge in [0.15, 0.2) is 0 Å². The van der Waals surface area contributed by atoms with Crippen molar-refractivity contribution in [3.63, 3.8) is 0 Å². The number of benzene rings is 2. The molecule has 2 rings (SSSR count). The van der Waals surface area contributed by atoms with E-state index in [1.165, 1.54) is 18.3 Å². The van der Waals surface area contributed by atoms with E-state index in [1.54, 1.807) is 36.4 Å². The Kier molecular flexibility index (Phi) is 5.47. The van der Waals surface area contributed by atoms with E-state index in [2.05, 4.69) is 10.6 Å². The van der Waals surface area contributed by atoms with Crippen molar-refractivity contribution in [3.05, 3.63) is 64.3 Å². The van der Waals surface area contributed by atoms with Crippen molar-refractivity contribution in [3.8, 4) is 11.8 Å².